The van der Waals surface area contributed by atoms with Gasteiger partial charge in [0.1, 0.15) is 0 Å². The first-order valence-corrected chi connectivity index (χ1v) is 4.53. The van der Waals surface area contributed by atoms with Crippen molar-refractivity contribution >= 4 is 22.9 Å². The molecule has 2 aromatic carbocycles. The fourth-order valence-electron chi connectivity index (χ4n) is 1.35. The summed E-state index contributed by atoms with van der Waals surface area (Å²) in [6.07, 6.45) is 0. The third-order valence-corrected chi connectivity index (χ3v) is 2.07. The molecule has 0 unspecified atom stereocenters. The molecular weight excluding hydrogens is 251 g/mol. The number of hydrogen-bond donors (Lipinski definition) is 0. The zero-order valence-corrected chi connectivity index (χ0v) is 10.3. The minimum atomic E-state index is 0. The van der Waals surface area contributed by atoms with Crippen LogP contribution in [0.25, 0.3) is 0 Å². The fourth-order valence-corrected chi connectivity index (χ4v) is 1.35. The normalized spacial score (nSPS) is 9.07. The molecule has 0 bridgehead atoms. The molecule has 2 heteroatoms. The van der Waals surface area contributed by atoms with Crippen LogP contribution in [0.3, 0.4) is 0 Å². The van der Waals surface area contributed by atoms with Crippen LogP contribution >= 0.6 is 0 Å². The van der Waals surface area contributed by atoms with Gasteiger partial charge in [-0.15, -0.1) is 0 Å². The second kappa shape index (κ2) is 5.50. The third kappa shape index (κ3) is 2.79. The van der Waals surface area contributed by atoms with Crippen molar-refractivity contribution in [3.63, 3.8) is 0 Å². The van der Waals surface area contributed by atoms with Gasteiger partial charge in [-0.3, -0.25) is 4.79 Å². The number of rotatable bonds is 2. The first-order valence-electron chi connectivity index (χ1n) is 4.53. The van der Waals surface area contributed by atoms with E-state index in [2.05, 4.69) is 0 Å². The predicted octanol–water partition coefficient (Wildman–Crippen LogP) is 2.00. The van der Waals surface area contributed by atoms with E-state index in [1.807, 2.05) is 60.7 Å². The Morgan fingerprint density at radius 2 is 1.00 bits per heavy atom. The van der Waals surface area contributed by atoms with Crippen LogP contribution in [-0.4, -0.2) is 22.9 Å². The van der Waals surface area contributed by atoms with E-state index in [1.165, 1.54) is 0 Å². The molecule has 1 nitrogen and oxygen atoms in total. The molecule has 0 aliphatic carbocycles. The van der Waals surface area contributed by atoms with Crippen LogP contribution in [0.4, 0.5) is 0 Å². The summed E-state index contributed by atoms with van der Waals surface area (Å²) in [6, 6.07) is 18.6. The van der Waals surface area contributed by atoms with Crippen molar-refractivity contribution in [2.45, 2.75) is 0 Å². The Bertz CT molecular complexity index is 381. The van der Waals surface area contributed by atoms with Crippen molar-refractivity contribution in [1.82, 2.24) is 0 Å². The Morgan fingerprint density at radius 1 is 0.667 bits per heavy atom. The molecule has 0 N–H and O–H groups in total. The quantitative estimate of drug-likeness (QED) is 0.598. The molecule has 0 aromatic heterocycles. The molecule has 0 saturated carbocycles. The summed E-state index contributed by atoms with van der Waals surface area (Å²) in [7, 11) is 0. The van der Waals surface area contributed by atoms with Gasteiger partial charge < -0.3 is 0 Å². The molecule has 0 amide bonds. The molecule has 2 aromatic rings. The molecule has 15 heavy (non-hydrogen) atoms. The molecule has 0 heterocycles. The average Bonchev–Trinajstić information content (AvgIpc) is 2.30. The van der Waals surface area contributed by atoms with Gasteiger partial charge in [-0.2, -0.15) is 0 Å². The van der Waals surface area contributed by atoms with Crippen LogP contribution in [0.5, 0.6) is 0 Å². The number of hydrogen-bond acceptors (Lipinski definition) is 1. The van der Waals surface area contributed by atoms with E-state index in [0.29, 0.717) is 0 Å². The van der Waals surface area contributed by atoms with Gasteiger partial charge in [0.15, 0.2) is 5.78 Å². The van der Waals surface area contributed by atoms with E-state index < -0.39 is 0 Å². The molecule has 0 atom stereocenters. The Kier molecular flexibility index (Phi) is 4.29. The van der Waals surface area contributed by atoms with Crippen molar-refractivity contribution in [2.24, 2.45) is 0 Å². The number of carbonyl (C=O) groups is 1. The summed E-state index contributed by atoms with van der Waals surface area (Å²) in [5.74, 6) is 0.0752. The van der Waals surface area contributed by atoms with E-state index >= 15 is 0 Å². The van der Waals surface area contributed by atoms with Gasteiger partial charge in [-0.1, -0.05) is 60.7 Å². The topological polar surface area (TPSA) is 17.1 Å². The summed E-state index contributed by atoms with van der Waals surface area (Å²) < 4.78 is 0. The van der Waals surface area contributed by atoms with Gasteiger partial charge in [0.2, 0.25) is 0 Å². The van der Waals surface area contributed by atoms with E-state index in [0.717, 1.165) is 11.1 Å². The summed E-state index contributed by atoms with van der Waals surface area (Å²) >= 11 is 0. The standard InChI is InChI=1S/C13H10O.H2Se/c14-13(11-7-3-1-4-8-11)12-9-5-2-6-10-12;/h1-10H;1H2. The summed E-state index contributed by atoms with van der Waals surface area (Å²) in [4.78, 5) is 11.8. The van der Waals surface area contributed by atoms with E-state index in [4.69, 9.17) is 0 Å². The van der Waals surface area contributed by atoms with Crippen molar-refractivity contribution in [3.8, 4) is 0 Å². The van der Waals surface area contributed by atoms with Crippen LogP contribution in [0.2, 0.25) is 0 Å². The van der Waals surface area contributed by atoms with Crippen LogP contribution < -0.4 is 0 Å². The van der Waals surface area contributed by atoms with E-state index in [9.17, 15) is 4.79 Å². The summed E-state index contributed by atoms with van der Waals surface area (Å²) in [6.45, 7) is 0. The molecule has 0 aliphatic heterocycles. The average molecular weight is 263 g/mol. The third-order valence-electron chi connectivity index (χ3n) is 2.07. The zero-order valence-electron chi connectivity index (χ0n) is 8.18. The Labute approximate surface area is 99.6 Å². The number of benzene rings is 2. The second-order valence-electron chi connectivity index (χ2n) is 3.06. The van der Waals surface area contributed by atoms with Gasteiger partial charge in [-0.25, -0.2) is 0 Å². The van der Waals surface area contributed by atoms with Crippen molar-refractivity contribution in [3.05, 3.63) is 71.8 Å². The molecule has 0 radical (unpaired) electrons. The maximum atomic E-state index is 11.8. The summed E-state index contributed by atoms with van der Waals surface area (Å²) in [5.41, 5.74) is 1.47. The van der Waals surface area contributed by atoms with Crippen molar-refractivity contribution in [2.75, 3.05) is 0 Å². The molecule has 0 spiro atoms. The monoisotopic (exact) mass is 264 g/mol. The van der Waals surface area contributed by atoms with Gasteiger partial charge in [0.05, 0.1) is 0 Å². The van der Waals surface area contributed by atoms with Crippen LogP contribution in [0.15, 0.2) is 60.7 Å². The Morgan fingerprint density at radius 3 is 1.33 bits per heavy atom. The van der Waals surface area contributed by atoms with Crippen LogP contribution in [-0.2, 0) is 0 Å². The second-order valence-corrected chi connectivity index (χ2v) is 3.06. The van der Waals surface area contributed by atoms with Crippen molar-refractivity contribution < 1.29 is 4.79 Å². The molecule has 0 aliphatic rings. The van der Waals surface area contributed by atoms with Gasteiger partial charge in [-0.05, 0) is 0 Å². The van der Waals surface area contributed by atoms with Gasteiger partial charge in [0.25, 0.3) is 0 Å². The SMILES string of the molecule is O=C(c1ccccc1)c1ccccc1.[SeH2]. The Balaban J connectivity index is 0.00000112. The maximum absolute atomic E-state index is 11.8. The predicted molar refractivity (Wildman–Crippen MR) is 64.9 cm³/mol. The molecular formula is C13H12OSe. The van der Waals surface area contributed by atoms with Gasteiger partial charge in [0, 0.05) is 11.1 Å². The van der Waals surface area contributed by atoms with Crippen molar-refractivity contribution in [1.29, 1.82) is 0 Å². The number of ketones is 1. The molecule has 2 rings (SSSR count). The summed E-state index contributed by atoms with van der Waals surface area (Å²) in [5, 5.41) is 0. The van der Waals surface area contributed by atoms with Crippen LogP contribution in [0.1, 0.15) is 15.9 Å². The Hall–Kier alpha value is -1.37. The molecule has 76 valence electrons. The fraction of sp³-hybridized carbons (Fsp3) is 0. The van der Waals surface area contributed by atoms with E-state index in [1.54, 1.807) is 0 Å². The molecule has 0 fully saturated rings. The van der Waals surface area contributed by atoms with Crippen LogP contribution in [0, 0.1) is 0 Å². The zero-order chi connectivity index (χ0) is 9.80. The number of carbonyl (C=O) groups excluding carboxylic acids is 1. The molecule has 0 saturated heterocycles. The minimum absolute atomic E-state index is 0. The van der Waals surface area contributed by atoms with Gasteiger partial charge >= 0.3 is 17.1 Å². The first-order chi connectivity index (χ1) is 6.88. The first kappa shape index (κ1) is 11.7. The van der Waals surface area contributed by atoms with E-state index in [-0.39, 0.29) is 22.9 Å².